The predicted octanol–water partition coefficient (Wildman–Crippen LogP) is 0.163. The number of likely N-dealkylation sites (tertiary alicyclic amines) is 1. The van der Waals surface area contributed by atoms with Crippen molar-refractivity contribution in [3.05, 3.63) is 12.2 Å². The average Bonchev–Trinajstić information content (AvgIpc) is 3.10. The van der Waals surface area contributed by atoms with Crippen molar-refractivity contribution >= 4 is 17.7 Å². The van der Waals surface area contributed by atoms with E-state index in [1.54, 1.807) is 4.90 Å². The summed E-state index contributed by atoms with van der Waals surface area (Å²) in [6, 6.07) is 0. The van der Waals surface area contributed by atoms with Gasteiger partial charge in [0.25, 0.3) is 0 Å². The van der Waals surface area contributed by atoms with Crippen molar-refractivity contribution in [2.24, 2.45) is 17.3 Å². The lowest BCUT2D eigenvalue weighted by molar-refractivity contribution is -0.143. The number of carbonyl (C=O) groups excluding carboxylic acids is 3. The van der Waals surface area contributed by atoms with Gasteiger partial charge in [0.05, 0.1) is 24.5 Å². The lowest BCUT2D eigenvalue weighted by Gasteiger charge is -2.30. The SMILES string of the molecule is CC(C)(C)CN1C[C@]23C=C[C@H](O2)[C@H](C(=O)N2CCNC(=O)CC2)[C@@H]3C1=O. The Bertz CT molecular complexity index is 683. The van der Waals surface area contributed by atoms with Gasteiger partial charge in [0, 0.05) is 32.6 Å². The van der Waals surface area contributed by atoms with Crippen LogP contribution in [-0.4, -0.2) is 72.0 Å². The normalized spacial score (nSPS) is 36.3. The molecule has 3 saturated heterocycles. The molecule has 3 fully saturated rings. The molecule has 0 aromatic heterocycles. The molecule has 4 heterocycles. The molecule has 1 spiro atoms. The van der Waals surface area contributed by atoms with E-state index in [1.807, 2.05) is 17.1 Å². The van der Waals surface area contributed by atoms with Crippen molar-refractivity contribution in [2.45, 2.75) is 38.9 Å². The molecule has 4 rings (SSSR count). The zero-order valence-corrected chi connectivity index (χ0v) is 15.7. The maximum absolute atomic E-state index is 13.2. The summed E-state index contributed by atoms with van der Waals surface area (Å²) >= 11 is 0. The number of carbonyl (C=O) groups is 3. The van der Waals surface area contributed by atoms with E-state index in [9.17, 15) is 14.4 Å². The molecule has 26 heavy (non-hydrogen) atoms. The molecule has 7 heteroatoms. The summed E-state index contributed by atoms with van der Waals surface area (Å²) in [4.78, 5) is 41.5. The molecule has 1 N–H and O–H groups in total. The van der Waals surface area contributed by atoms with Crippen LogP contribution in [0.15, 0.2) is 12.2 Å². The predicted molar refractivity (Wildman–Crippen MR) is 94.0 cm³/mol. The fourth-order valence-electron chi connectivity index (χ4n) is 4.76. The first-order valence-electron chi connectivity index (χ1n) is 9.42. The molecule has 0 saturated carbocycles. The number of ether oxygens (including phenoxy) is 1. The van der Waals surface area contributed by atoms with Crippen LogP contribution >= 0.6 is 0 Å². The minimum absolute atomic E-state index is 0.0109. The Morgan fingerprint density at radius 2 is 2.12 bits per heavy atom. The van der Waals surface area contributed by atoms with Crippen molar-refractivity contribution in [2.75, 3.05) is 32.7 Å². The summed E-state index contributed by atoms with van der Waals surface area (Å²) in [5.74, 6) is -0.998. The highest BCUT2D eigenvalue weighted by Gasteiger charge is 2.67. The fraction of sp³-hybridized carbons (Fsp3) is 0.737. The minimum atomic E-state index is -0.659. The number of hydrogen-bond donors (Lipinski definition) is 1. The van der Waals surface area contributed by atoms with Gasteiger partial charge in [-0.25, -0.2) is 0 Å². The van der Waals surface area contributed by atoms with Gasteiger partial charge in [0.2, 0.25) is 17.7 Å². The van der Waals surface area contributed by atoms with E-state index in [0.29, 0.717) is 39.1 Å². The Morgan fingerprint density at radius 3 is 2.85 bits per heavy atom. The van der Waals surface area contributed by atoms with E-state index in [2.05, 4.69) is 26.1 Å². The van der Waals surface area contributed by atoms with Crippen LogP contribution in [0, 0.1) is 17.3 Å². The molecular formula is C19H27N3O4. The Labute approximate surface area is 153 Å². The van der Waals surface area contributed by atoms with Gasteiger partial charge in [-0.2, -0.15) is 0 Å². The van der Waals surface area contributed by atoms with Gasteiger partial charge in [-0.3, -0.25) is 14.4 Å². The van der Waals surface area contributed by atoms with Crippen molar-refractivity contribution in [3.63, 3.8) is 0 Å². The van der Waals surface area contributed by atoms with Crippen LogP contribution in [0.4, 0.5) is 0 Å². The first kappa shape index (κ1) is 17.5. The monoisotopic (exact) mass is 361 g/mol. The summed E-state index contributed by atoms with van der Waals surface area (Å²) in [5.41, 5.74) is -0.670. The minimum Gasteiger partial charge on any atom is -0.360 e. The van der Waals surface area contributed by atoms with Gasteiger partial charge >= 0.3 is 0 Å². The van der Waals surface area contributed by atoms with E-state index in [1.165, 1.54) is 0 Å². The molecular weight excluding hydrogens is 334 g/mol. The van der Waals surface area contributed by atoms with Crippen molar-refractivity contribution in [3.8, 4) is 0 Å². The maximum Gasteiger partial charge on any atom is 0.230 e. The van der Waals surface area contributed by atoms with E-state index < -0.39 is 17.4 Å². The van der Waals surface area contributed by atoms with Gasteiger partial charge in [0.1, 0.15) is 5.60 Å². The largest absolute Gasteiger partial charge is 0.360 e. The van der Waals surface area contributed by atoms with Gasteiger partial charge in [0.15, 0.2) is 0 Å². The molecule has 0 aromatic carbocycles. The van der Waals surface area contributed by atoms with Gasteiger partial charge in [-0.15, -0.1) is 0 Å². The highest BCUT2D eigenvalue weighted by Crippen LogP contribution is 2.52. The third-order valence-corrected chi connectivity index (χ3v) is 5.75. The second-order valence-corrected chi connectivity index (χ2v) is 9.08. The summed E-state index contributed by atoms with van der Waals surface area (Å²) in [5, 5.41) is 2.79. The second kappa shape index (κ2) is 5.81. The topological polar surface area (TPSA) is 79.0 Å². The molecule has 4 aliphatic rings. The van der Waals surface area contributed by atoms with Crippen LogP contribution in [0.25, 0.3) is 0 Å². The lowest BCUT2D eigenvalue weighted by atomic mass is 9.76. The molecule has 0 aromatic rings. The number of nitrogens with one attached hydrogen (secondary N) is 1. The molecule has 4 aliphatic heterocycles. The zero-order chi connectivity index (χ0) is 18.7. The van der Waals surface area contributed by atoms with Gasteiger partial charge < -0.3 is 19.9 Å². The molecule has 0 unspecified atom stereocenters. The summed E-state index contributed by atoms with van der Waals surface area (Å²) < 4.78 is 6.17. The second-order valence-electron chi connectivity index (χ2n) is 9.08. The third-order valence-electron chi connectivity index (χ3n) is 5.75. The molecule has 3 amide bonds. The number of amides is 3. The highest BCUT2D eigenvalue weighted by atomic mass is 16.5. The van der Waals surface area contributed by atoms with Crippen molar-refractivity contribution < 1.29 is 19.1 Å². The van der Waals surface area contributed by atoms with Crippen LogP contribution in [0.2, 0.25) is 0 Å². The smallest absolute Gasteiger partial charge is 0.230 e. The zero-order valence-electron chi connectivity index (χ0n) is 15.7. The quantitative estimate of drug-likeness (QED) is 0.711. The van der Waals surface area contributed by atoms with Crippen LogP contribution < -0.4 is 5.32 Å². The lowest BCUT2D eigenvalue weighted by Crippen LogP contribution is -2.47. The molecule has 0 radical (unpaired) electrons. The Hall–Kier alpha value is -1.89. The van der Waals surface area contributed by atoms with Crippen LogP contribution in [0.1, 0.15) is 27.2 Å². The van der Waals surface area contributed by atoms with Crippen LogP contribution in [-0.2, 0) is 19.1 Å². The first-order valence-corrected chi connectivity index (χ1v) is 9.42. The number of fused-ring (bicyclic) bond motifs is 1. The van der Waals surface area contributed by atoms with Crippen LogP contribution in [0.5, 0.6) is 0 Å². The first-order chi connectivity index (χ1) is 12.2. The molecule has 0 aliphatic carbocycles. The summed E-state index contributed by atoms with van der Waals surface area (Å²) in [7, 11) is 0. The van der Waals surface area contributed by atoms with Crippen molar-refractivity contribution in [1.29, 1.82) is 0 Å². The third kappa shape index (κ3) is 2.73. The highest BCUT2D eigenvalue weighted by molar-refractivity contribution is 5.93. The van der Waals surface area contributed by atoms with E-state index in [-0.39, 0.29) is 29.2 Å². The molecule has 142 valence electrons. The molecule has 4 atom stereocenters. The van der Waals surface area contributed by atoms with Crippen molar-refractivity contribution in [1.82, 2.24) is 15.1 Å². The van der Waals surface area contributed by atoms with Gasteiger partial charge in [-0.1, -0.05) is 32.9 Å². The summed E-state index contributed by atoms with van der Waals surface area (Å²) in [6.45, 7) is 8.81. The Morgan fingerprint density at radius 1 is 1.35 bits per heavy atom. The number of nitrogens with zero attached hydrogens (tertiary/aromatic N) is 2. The number of rotatable bonds is 2. The average molecular weight is 361 g/mol. The number of hydrogen-bond acceptors (Lipinski definition) is 4. The van der Waals surface area contributed by atoms with E-state index in [0.717, 1.165) is 0 Å². The summed E-state index contributed by atoms with van der Waals surface area (Å²) in [6.07, 6.45) is 3.90. The molecule has 7 nitrogen and oxygen atoms in total. The standard InChI is InChI=1S/C19H27N3O4/c1-18(2,3)10-22-11-19-6-4-12(26-19)14(15(19)17(22)25)16(24)21-8-5-13(23)20-7-9-21/h4,6,12,14-15H,5,7-11H2,1-3H3,(H,20,23)/t12-,14-,15+,19-/m0/s1. The maximum atomic E-state index is 13.2. The Balaban J connectivity index is 1.57. The van der Waals surface area contributed by atoms with E-state index >= 15 is 0 Å². The van der Waals surface area contributed by atoms with Crippen LogP contribution in [0.3, 0.4) is 0 Å². The fourth-order valence-corrected chi connectivity index (χ4v) is 4.76. The van der Waals surface area contributed by atoms with Gasteiger partial charge in [-0.05, 0) is 5.41 Å². The molecule has 2 bridgehead atoms. The Kier molecular flexibility index (Phi) is 3.91. The van der Waals surface area contributed by atoms with E-state index in [4.69, 9.17) is 4.74 Å².